The van der Waals surface area contributed by atoms with Crippen LogP contribution in [-0.4, -0.2) is 21.8 Å². The van der Waals surface area contributed by atoms with Gasteiger partial charge in [-0.25, -0.2) is 9.37 Å². The monoisotopic (exact) mass is 344 g/mol. The second kappa shape index (κ2) is 6.60. The largest absolute Gasteiger partial charge is 0.379 e. The Bertz CT molecular complexity index is 796. The van der Waals surface area contributed by atoms with Crippen LogP contribution in [0, 0.1) is 5.82 Å². The number of aromatic nitrogens is 1. The quantitative estimate of drug-likeness (QED) is 0.896. The number of nitrogens with two attached hydrogens (primary N) is 1. The lowest BCUT2D eigenvalue weighted by molar-refractivity contribution is 0.102. The number of hydrogen-bond acceptors (Lipinski definition) is 5. The molecule has 1 aromatic heterocycles. The lowest BCUT2D eigenvalue weighted by atomic mass is 9.88. The van der Waals surface area contributed by atoms with Gasteiger partial charge >= 0.3 is 0 Å². The molecule has 1 aliphatic rings. The van der Waals surface area contributed by atoms with Crippen LogP contribution in [-0.2, 0) is 5.54 Å². The first kappa shape index (κ1) is 16.4. The summed E-state index contributed by atoms with van der Waals surface area (Å²) in [5.41, 5.74) is 6.00. The summed E-state index contributed by atoms with van der Waals surface area (Å²) in [6.07, 6.45) is 2.33. The molecule has 1 unspecified atom stereocenters. The number of benzene rings is 1. The fraction of sp³-hybridized carbons (Fsp3) is 0.235. The molecule has 2 heterocycles. The predicted octanol–water partition coefficient (Wildman–Crippen LogP) is 3.14. The summed E-state index contributed by atoms with van der Waals surface area (Å²) in [6.45, 7) is 1.94. The van der Waals surface area contributed by atoms with E-state index in [1.807, 2.05) is 6.92 Å². The number of amides is 1. The van der Waals surface area contributed by atoms with Crippen molar-refractivity contribution in [3.05, 3.63) is 59.5 Å². The summed E-state index contributed by atoms with van der Waals surface area (Å²) < 4.78 is 14.1. The van der Waals surface area contributed by atoms with Crippen molar-refractivity contribution in [2.45, 2.75) is 18.9 Å². The summed E-state index contributed by atoms with van der Waals surface area (Å²) >= 11 is 1.50. The molecule has 0 spiro atoms. The van der Waals surface area contributed by atoms with Gasteiger partial charge < -0.3 is 11.1 Å². The maximum absolute atomic E-state index is 14.1. The average molecular weight is 344 g/mol. The van der Waals surface area contributed by atoms with Crippen molar-refractivity contribution >= 4 is 28.7 Å². The molecule has 24 heavy (non-hydrogen) atoms. The number of anilines is 1. The van der Waals surface area contributed by atoms with Gasteiger partial charge in [0.25, 0.3) is 5.91 Å². The van der Waals surface area contributed by atoms with Gasteiger partial charge in [0, 0.05) is 11.9 Å². The molecule has 0 saturated carbocycles. The maximum Gasteiger partial charge on any atom is 0.259 e. The number of carbonyl (C=O) groups excluding carboxylic acids is 1. The fourth-order valence-electron chi connectivity index (χ4n) is 2.55. The van der Waals surface area contributed by atoms with Crippen LogP contribution >= 0.6 is 11.8 Å². The zero-order valence-corrected chi connectivity index (χ0v) is 13.9. The van der Waals surface area contributed by atoms with Crippen molar-refractivity contribution in [3.8, 4) is 0 Å². The first-order valence-electron chi connectivity index (χ1n) is 7.48. The third-order valence-electron chi connectivity index (χ3n) is 3.94. The standard InChI is InChI=1S/C17H17FN4OS/c1-17(7-9-24-16(19)22-17)11-5-6-13(18)12(10-11)15(23)21-14-4-2-3-8-20-14/h2-6,8,10H,7,9H2,1H3,(H2,19,22)(H,20,21,23). The Morgan fingerprint density at radius 3 is 2.92 bits per heavy atom. The molecule has 0 bridgehead atoms. The van der Waals surface area contributed by atoms with Crippen LogP contribution in [0.25, 0.3) is 0 Å². The van der Waals surface area contributed by atoms with Gasteiger partial charge in [0.05, 0.1) is 11.1 Å². The highest BCUT2D eigenvalue weighted by Gasteiger charge is 2.30. The van der Waals surface area contributed by atoms with E-state index in [-0.39, 0.29) is 5.56 Å². The predicted molar refractivity (Wildman–Crippen MR) is 94.6 cm³/mol. The molecular weight excluding hydrogens is 327 g/mol. The molecule has 0 fully saturated rings. The number of aliphatic imine (C=N–C) groups is 1. The van der Waals surface area contributed by atoms with Gasteiger partial charge in [0.2, 0.25) is 0 Å². The first-order chi connectivity index (χ1) is 11.5. The summed E-state index contributed by atoms with van der Waals surface area (Å²) in [6, 6.07) is 9.61. The minimum atomic E-state index is -0.585. The van der Waals surface area contributed by atoms with Crippen molar-refractivity contribution in [2.24, 2.45) is 10.7 Å². The van der Waals surface area contributed by atoms with E-state index in [1.54, 1.807) is 36.5 Å². The van der Waals surface area contributed by atoms with E-state index < -0.39 is 17.3 Å². The molecule has 3 rings (SSSR count). The number of hydrogen-bond donors (Lipinski definition) is 2. The molecular formula is C17H17FN4OS. The summed E-state index contributed by atoms with van der Waals surface area (Å²) in [7, 11) is 0. The lowest BCUT2D eigenvalue weighted by Gasteiger charge is -2.30. The van der Waals surface area contributed by atoms with Gasteiger partial charge in [0.1, 0.15) is 11.6 Å². The van der Waals surface area contributed by atoms with Crippen LogP contribution < -0.4 is 11.1 Å². The molecule has 124 valence electrons. The Labute approximate surface area is 143 Å². The molecule has 3 N–H and O–H groups in total. The van der Waals surface area contributed by atoms with Crippen molar-refractivity contribution < 1.29 is 9.18 Å². The van der Waals surface area contributed by atoms with Crippen molar-refractivity contribution in [2.75, 3.05) is 11.1 Å². The molecule has 7 heteroatoms. The molecule has 2 aromatic rings. The van der Waals surface area contributed by atoms with Crippen LogP contribution in [0.3, 0.4) is 0 Å². The number of halogens is 1. The van der Waals surface area contributed by atoms with Crippen LogP contribution in [0.2, 0.25) is 0 Å². The van der Waals surface area contributed by atoms with E-state index in [2.05, 4.69) is 15.3 Å². The van der Waals surface area contributed by atoms with Crippen molar-refractivity contribution in [1.82, 2.24) is 4.98 Å². The van der Waals surface area contributed by atoms with E-state index in [0.29, 0.717) is 11.0 Å². The highest BCUT2D eigenvalue weighted by atomic mass is 32.2. The van der Waals surface area contributed by atoms with Crippen LogP contribution in [0.1, 0.15) is 29.3 Å². The summed E-state index contributed by atoms with van der Waals surface area (Å²) in [5.74, 6) is 0.0742. The van der Waals surface area contributed by atoms with Crippen molar-refractivity contribution in [3.63, 3.8) is 0 Å². The normalized spacial score (nSPS) is 20.3. The van der Waals surface area contributed by atoms with Gasteiger partial charge in [-0.05, 0) is 43.2 Å². The molecule has 1 aliphatic heterocycles. The smallest absolute Gasteiger partial charge is 0.259 e. The summed E-state index contributed by atoms with van der Waals surface area (Å²) in [4.78, 5) is 20.9. The molecule has 1 amide bonds. The van der Waals surface area contributed by atoms with Gasteiger partial charge in [-0.2, -0.15) is 0 Å². The number of thioether (sulfide) groups is 1. The van der Waals surface area contributed by atoms with Gasteiger partial charge in [0.15, 0.2) is 5.17 Å². The number of rotatable bonds is 3. The SMILES string of the molecule is CC1(c2ccc(F)c(C(=O)Nc3ccccn3)c2)CCSC(N)=N1. The van der Waals surface area contributed by atoms with E-state index in [4.69, 9.17) is 5.73 Å². The highest BCUT2D eigenvalue weighted by Crippen LogP contribution is 2.35. The van der Waals surface area contributed by atoms with E-state index >= 15 is 0 Å². The zero-order valence-electron chi connectivity index (χ0n) is 13.1. The Balaban J connectivity index is 1.92. The average Bonchev–Trinajstić information content (AvgIpc) is 2.55. The van der Waals surface area contributed by atoms with Gasteiger partial charge in [-0.1, -0.05) is 23.9 Å². The molecule has 0 saturated heterocycles. The van der Waals surface area contributed by atoms with E-state index in [9.17, 15) is 9.18 Å². The van der Waals surface area contributed by atoms with Crippen molar-refractivity contribution in [1.29, 1.82) is 0 Å². The number of nitrogens with zero attached hydrogens (tertiary/aromatic N) is 2. The first-order valence-corrected chi connectivity index (χ1v) is 8.47. The third-order valence-corrected chi connectivity index (χ3v) is 4.73. The number of carbonyl (C=O) groups is 1. The lowest BCUT2D eigenvalue weighted by Crippen LogP contribution is -2.29. The third kappa shape index (κ3) is 3.41. The number of nitrogens with one attached hydrogen (secondary N) is 1. The second-order valence-corrected chi connectivity index (χ2v) is 6.80. The molecule has 0 aliphatic carbocycles. The topological polar surface area (TPSA) is 80.4 Å². The van der Waals surface area contributed by atoms with Crippen LogP contribution in [0.5, 0.6) is 0 Å². The maximum atomic E-state index is 14.1. The number of pyridine rings is 1. The minimum absolute atomic E-state index is 0.0358. The molecule has 1 atom stereocenters. The minimum Gasteiger partial charge on any atom is -0.379 e. The van der Waals surface area contributed by atoms with Gasteiger partial charge in [-0.15, -0.1) is 0 Å². The Morgan fingerprint density at radius 1 is 1.38 bits per heavy atom. The Morgan fingerprint density at radius 2 is 2.21 bits per heavy atom. The molecule has 1 aromatic carbocycles. The van der Waals surface area contributed by atoms with E-state index in [0.717, 1.165) is 17.7 Å². The molecule has 5 nitrogen and oxygen atoms in total. The Kier molecular flexibility index (Phi) is 4.53. The van der Waals surface area contributed by atoms with E-state index in [1.165, 1.54) is 17.8 Å². The molecule has 0 radical (unpaired) electrons. The number of amidine groups is 1. The van der Waals surface area contributed by atoms with Crippen LogP contribution in [0.15, 0.2) is 47.6 Å². The van der Waals surface area contributed by atoms with Crippen LogP contribution in [0.4, 0.5) is 10.2 Å². The highest BCUT2D eigenvalue weighted by molar-refractivity contribution is 8.13. The van der Waals surface area contributed by atoms with Gasteiger partial charge in [-0.3, -0.25) is 9.79 Å². The Hall–Kier alpha value is -2.41. The summed E-state index contributed by atoms with van der Waals surface area (Å²) in [5, 5.41) is 3.10. The second-order valence-electron chi connectivity index (χ2n) is 5.69. The zero-order chi connectivity index (χ0) is 17.2. The fourth-order valence-corrected chi connectivity index (χ4v) is 3.52.